The Morgan fingerprint density at radius 3 is 2.71 bits per heavy atom. The summed E-state index contributed by atoms with van der Waals surface area (Å²) < 4.78 is 5.70. The molecule has 0 aromatic carbocycles. The highest BCUT2D eigenvalue weighted by molar-refractivity contribution is 5.19. The third kappa shape index (κ3) is 2.72. The molecular formula is C12H18N4O. The van der Waals surface area contributed by atoms with E-state index in [1.165, 1.54) is 25.7 Å². The van der Waals surface area contributed by atoms with Gasteiger partial charge in [0, 0.05) is 18.9 Å². The molecule has 17 heavy (non-hydrogen) atoms. The van der Waals surface area contributed by atoms with Gasteiger partial charge in [0.25, 0.3) is 0 Å². The molecule has 1 aromatic heterocycles. The summed E-state index contributed by atoms with van der Waals surface area (Å²) in [6, 6.07) is 0. The van der Waals surface area contributed by atoms with Crippen molar-refractivity contribution in [1.29, 1.82) is 0 Å². The van der Waals surface area contributed by atoms with Gasteiger partial charge in [0.15, 0.2) is 0 Å². The number of nitrogens with zero attached hydrogens (tertiary/aromatic N) is 3. The van der Waals surface area contributed by atoms with Crippen LogP contribution in [0.2, 0.25) is 0 Å². The Kier molecular flexibility index (Phi) is 2.93. The van der Waals surface area contributed by atoms with Crippen molar-refractivity contribution in [3.8, 4) is 0 Å². The van der Waals surface area contributed by atoms with Crippen molar-refractivity contribution in [1.82, 2.24) is 15.0 Å². The van der Waals surface area contributed by atoms with Crippen LogP contribution in [0.5, 0.6) is 0 Å². The summed E-state index contributed by atoms with van der Waals surface area (Å²) in [5.74, 6) is 2.55. The molecule has 1 aliphatic heterocycles. The van der Waals surface area contributed by atoms with Crippen LogP contribution in [-0.4, -0.2) is 27.7 Å². The molecule has 1 atom stereocenters. The molecule has 1 unspecified atom stereocenters. The van der Waals surface area contributed by atoms with Gasteiger partial charge in [-0.3, -0.25) is 0 Å². The molecule has 1 saturated heterocycles. The van der Waals surface area contributed by atoms with Gasteiger partial charge in [-0.05, 0) is 32.1 Å². The number of hydrogen-bond donors (Lipinski definition) is 1. The first kappa shape index (κ1) is 10.9. The lowest BCUT2D eigenvalue weighted by atomic mass is 10.1. The van der Waals surface area contributed by atoms with Crippen molar-refractivity contribution >= 4 is 5.95 Å². The van der Waals surface area contributed by atoms with Gasteiger partial charge in [-0.15, -0.1) is 0 Å². The second-order valence-corrected chi connectivity index (χ2v) is 4.94. The first-order valence-electron chi connectivity index (χ1n) is 6.43. The molecule has 3 rings (SSSR count). The van der Waals surface area contributed by atoms with Gasteiger partial charge in [0.2, 0.25) is 5.95 Å². The highest BCUT2D eigenvalue weighted by Gasteiger charge is 2.28. The van der Waals surface area contributed by atoms with Crippen LogP contribution in [0.4, 0.5) is 5.95 Å². The summed E-state index contributed by atoms with van der Waals surface area (Å²) in [5.41, 5.74) is 5.73. The Morgan fingerprint density at radius 2 is 2.00 bits per heavy atom. The minimum absolute atomic E-state index is 0.262. The summed E-state index contributed by atoms with van der Waals surface area (Å²) in [6.07, 6.45) is 6.91. The predicted octanol–water partition coefficient (Wildman–Crippen LogP) is 1.44. The number of nitrogen functional groups attached to an aromatic ring is 1. The zero-order valence-electron chi connectivity index (χ0n) is 9.93. The lowest BCUT2D eigenvalue weighted by Crippen LogP contribution is -2.23. The van der Waals surface area contributed by atoms with Gasteiger partial charge in [-0.1, -0.05) is 0 Å². The highest BCUT2D eigenvalue weighted by atomic mass is 16.5. The van der Waals surface area contributed by atoms with Gasteiger partial charge >= 0.3 is 0 Å². The van der Waals surface area contributed by atoms with E-state index >= 15 is 0 Å². The summed E-state index contributed by atoms with van der Waals surface area (Å²) in [5, 5.41) is 0. The Hall–Kier alpha value is -1.23. The molecule has 0 radical (unpaired) electrons. The van der Waals surface area contributed by atoms with Crippen LogP contribution in [0.3, 0.4) is 0 Å². The molecule has 1 aliphatic carbocycles. The minimum atomic E-state index is 0.262. The average molecular weight is 234 g/mol. The van der Waals surface area contributed by atoms with Crippen molar-refractivity contribution in [3.05, 3.63) is 11.6 Å². The van der Waals surface area contributed by atoms with Crippen molar-refractivity contribution in [2.75, 3.05) is 12.3 Å². The van der Waals surface area contributed by atoms with E-state index in [1.54, 1.807) is 0 Å². The van der Waals surface area contributed by atoms with Crippen LogP contribution in [0.1, 0.15) is 49.7 Å². The molecule has 0 bridgehead atoms. The summed E-state index contributed by atoms with van der Waals surface area (Å²) in [7, 11) is 0. The predicted molar refractivity (Wildman–Crippen MR) is 63.5 cm³/mol. The lowest BCUT2D eigenvalue weighted by molar-refractivity contribution is 0.0156. The SMILES string of the molecule is Nc1nc(CC2CCCCO2)nc(C2CC2)n1. The number of ether oxygens (including phenoxy) is 1. The molecule has 2 heterocycles. The van der Waals surface area contributed by atoms with Crippen molar-refractivity contribution < 1.29 is 4.74 Å². The van der Waals surface area contributed by atoms with Gasteiger partial charge in [-0.25, -0.2) is 4.98 Å². The second-order valence-electron chi connectivity index (χ2n) is 4.94. The van der Waals surface area contributed by atoms with Crippen LogP contribution < -0.4 is 5.73 Å². The maximum absolute atomic E-state index is 5.73. The Labute approximate surface area is 101 Å². The molecule has 2 aliphatic rings. The number of aromatic nitrogens is 3. The molecular weight excluding hydrogens is 216 g/mol. The van der Waals surface area contributed by atoms with E-state index in [2.05, 4.69) is 15.0 Å². The zero-order valence-corrected chi connectivity index (χ0v) is 9.93. The number of rotatable bonds is 3. The van der Waals surface area contributed by atoms with Crippen LogP contribution in [0.15, 0.2) is 0 Å². The molecule has 0 amide bonds. The van der Waals surface area contributed by atoms with E-state index in [0.29, 0.717) is 11.9 Å². The first-order valence-corrected chi connectivity index (χ1v) is 6.43. The monoisotopic (exact) mass is 234 g/mol. The third-order valence-electron chi connectivity index (χ3n) is 3.34. The topological polar surface area (TPSA) is 73.9 Å². The number of hydrogen-bond acceptors (Lipinski definition) is 5. The Bertz CT molecular complexity index is 399. The molecule has 1 aromatic rings. The molecule has 5 nitrogen and oxygen atoms in total. The molecule has 1 saturated carbocycles. The van der Waals surface area contributed by atoms with E-state index in [-0.39, 0.29) is 6.10 Å². The van der Waals surface area contributed by atoms with Crippen LogP contribution in [0.25, 0.3) is 0 Å². The van der Waals surface area contributed by atoms with Crippen molar-refractivity contribution in [2.45, 2.75) is 50.5 Å². The molecule has 5 heteroatoms. The van der Waals surface area contributed by atoms with Gasteiger partial charge in [0.05, 0.1) is 6.10 Å². The zero-order chi connectivity index (χ0) is 11.7. The Morgan fingerprint density at radius 1 is 1.12 bits per heavy atom. The quantitative estimate of drug-likeness (QED) is 0.856. The first-order chi connectivity index (χ1) is 8.31. The molecule has 92 valence electrons. The molecule has 2 fully saturated rings. The van der Waals surface area contributed by atoms with Gasteiger partial charge < -0.3 is 10.5 Å². The maximum Gasteiger partial charge on any atom is 0.223 e. The lowest BCUT2D eigenvalue weighted by Gasteiger charge is -2.21. The number of anilines is 1. The fourth-order valence-electron chi connectivity index (χ4n) is 2.24. The van der Waals surface area contributed by atoms with Crippen molar-refractivity contribution in [2.24, 2.45) is 0 Å². The van der Waals surface area contributed by atoms with Crippen LogP contribution in [-0.2, 0) is 11.2 Å². The minimum Gasteiger partial charge on any atom is -0.378 e. The largest absolute Gasteiger partial charge is 0.378 e. The van der Waals surface area contributed by atoms with Gasteiger partial charge in [-0.2, -0.15) is 9.97 Å². The van der Waals surface area contributed by atoms with E-state index in [4.69, 9.17) is 10.5 Å². The molecule has 2 N–H and O–H groups in total. The van der Waals surface area contributed by atoms with Crippen molar-refractivity contribution in [3.63, 3.8) is 0 Å². The second kappa shape index (κ2) is 4.56. The van der Waals surface area contributed by atoms with E-state index < -0.39 is 0 Å². The highest BCUT2D eigenvalue weighted by Crippen LogP contribution is 2.38. The summed E-state index contributed by atoms with van der Waals surface area (Å²) >= 11 is 0. The average Bonchev–Trinajstić information content (AvgIpc) is 3.13. The number of nitrogens with two attached hydrogens (primary N) is 1. The Balaban J connectivity index is 1.72. The molecule has 0 spiro atoms. The van der Waals surface area contributed by atoms with E-state index in [0.717, 1.165) is 31.1 Å². The normalized spacial score (nSPS) is 24.8. The third-order valence-corrected chi connectivity index (χ3v) is 3.34. The summed E-state index contributed by atoms with van der Waals surface area (Å²) in [6.45, 7) is 0.862. The van der Waals surface area contributed by atoms with Crippen LogP contribution in [0, 0.1) is 0 Å². The maximum atomic E-state index is 5.73. The fraction of sp³-hybridized carbons (Fsp3) is 0.750. The van der Waals surface area contributed by atoms with Crippen LogP contribution >= 0.6 is 0 Å². The van der Waals surface area contributed by atoms with E-state index in [1.807, 2.05) is 0 Å². The summed E-state index contributed by atoms with van der Waals surface area (Å²) in [4.78, 5) is 12.9. The smallest absolute Gasteiger partial charge is 0.223 e. The van der Waals surface area contributed by atoms with E-state index in [9.17, 15) is 0 Å². The van der Waals surface area contributed by atoms with Gasteiger partial charge in [0.1, 0.15) is 11.6 Å². The standard InChI is InChI=1S/C12H18N4O/c13-12-15-10(7-9-3-1-2-6-17-9)14-11(16-12)8-4-5-8/h8-9H,1-7H2,(H2,13,14,15,16). The fourth-order valence-corrected chi connectivity index (χ4v) is 2.24.